The summed E-state index contributed by atoms with van der Waals surface area (Å²) in [6, 6.07) is 6.19. The SMILES string of the molecule is CCCn1c(=O)[nH]c(=O)c2cc(C(=O)Nc3cc(C(=O)OC)ccc3C)cnc21. The number of rotatable bonds is 5. The van der Waals surface area contributed by atoms with Crippen molar-refractivity contribution < 1.29 is 14.3 Å². The van der Waals surface area contributed by atoms with Crippen LogP contribution < -0.4 is 16.6 Å². The van der Waals surface area contributed by atoms with Crippen molar-refractivity contribution in [2.45, 2.75) is 26.8 Å². The summed E-state index contributed by atoms with van der Waals surface area (Å²) in [5.74, 6) is -1.02. The summed E-state index contributed by atoms with van der Waals surface area (Å²) in [6.07, 6.45) is 1.99. The highest BCUT2D eigenvalue weighted by atomic mass is 16.5. The van der Waals surface area contributed by atoms with Crippen molar-refractivity contribution in [3.63, 3.8) is 0 Å². The van der Waals surface area contributed by atoms with Crippen LogP contribution in [0.4, 0.5) is 5.69 Å². The summed E-state index contributed by atoms with van der Waals surface area (Å²) in [5, 5.41) is 2.86. The maximum atomic E-state index is 12.7. The number of ether oxygens (including phenoxy) is 1. The topological polar surface area (TPSA) is 123 Å². The number of aromatic amines is 1. The van der Waals surface area contributed by atoms with Crippen LogP contribution in [0.15, 0.2) is 40.1 Å². The molecule has 0 saturated carbocycles. The molecular weight excluding hydrogens is 376 g/mol. The van der Waals surface area contributed by atoms with Gasteiger partial charge in [-0.2, -0.15) is 0 Å². The van der Waals surface area contributed by atoms with Crippen molar-refractivity contribution in [1.29, 1.82) is 0 Å². The number of benzene rings is 1. The van der Waals surface area contributed by atoms with Crippen LogP contribution in [0.5, 0.6) is 0 Å². The Hall–Kier alpha value is -3.75. The number of nitrogens with one attached hydrogen (secondary N) is 2. The molecular formula is C20H20N4O5. The number of anilines is 1. The molecule has 0 saturated heterocycles. The van der Waals surface area contributed by atoms with Gasteiger partial charge in [-0.25, -0.2) is 14.6 Å². The maximum absolute atomic E-state index is 12.7. The van der Waals surface area contributed by atoms with E-state index >= 15 is 0 Å². The lowest BCUT2D eigenvalue weighted by Crippen LogP contribution is -2.31. The molecule has 0 aliphatic heterocycles. The fourth-order valence-electron chi connectivity index (χ4n) is 2.92. The lowest BCUT2D eigenvalue weighted by Gasteiger charge is -2.11. The molecule has 0 aliphatic carbocycles. The Kier molecular flexibility index (Phi) is 5.58. The Morgan fingerprint density at radius 3 is 2.66 bits per heavy atom. The van der Waals surface area contributed by atoms with Crippen LogP contribution in [0.2, 0.25) is 0 Å². The summed E-state index contributed by atoms with van der Waals surface area (Å²) in [6.45, 7) is 4.07. The summed E-state index contributed by atoms with van der Waals surface area (Å²) in [5.41, 5.74) is 0.698. The van der Waals surface area contributed by atoms with Gasteiger partial charge in [0.2, 0.25) is 0 Å². The molecule has 0 unspecified atom stereocenters. The highest BCUT2D eigenvalue weighted by molar-refractivity contribution is 6.06. The third-order valence-corrected chi connectivity index (χ3v) is 4.45. The van der Waals surface area contributed by atoms with Gasteiger partial charge in [0.05, 0.1) is 23.6 Å². The van der Waals surface area contributed by atoms with Crippen molar-refractivity contribution in [2.24, 2.45) is 0 Å². The Labute approximate surface area is 165 Å². The van der Waals surface area contributed by atoms with Crippen molar-refractivity contribution in [3.8, 4) is 0 Å². The standard InChI is InChI=1S/C20H20N4O5/c1-4-7-24-16-14(18(26)23-20(24)28)8-13(10-21-16)17(25)22-15-9-12(19(27)29-3)6-5-11(15)2/h5-6,8-10H,4,7H2,1-3H3,(H,22,25)(H,23,26,28). The number of amides is 1. The van der Waals surface area contributed by atoms with Crippen LogP contribution >= 0.6 is 0 Å². The minimum absolute atomic E-state index is 0.144. The smallest absolute Gasteiger partial charge is 0.337 e. The Balaban J connectivity index is 1.99. The number of carbonyl (C=O) groups excluding carboxylic acids is 2. The highest BCUT2D eigenvalue weighted by Crippen LogP contribution is 2.19. The molecule has 2 heterocycles. The quantitative estimate of drug-likeness (QED) is 0.635. The average Bonchev–Trinajstić information content (AvgIpc) is 2.71. The molecule has 29 heavy (non-hydrogen) atoms. The first kappa shape index (κ1) is 20.0. The number of nitrogens with zero attached hydrogens (tertiary/aromatic N) is 2. The predicted octanol–water partition coefficient (Wildman–Crippen LogP) is 1.84. The van der Waals surface area contributed by atoms with E-state index in [9.17, 15) is 19.2 Å². The van der Waals surface area contributed by atoms with Crippen molar-refractivity contribution >= 4 is 28.6 Å². The minimum atomic E-state index is -0.608. The number of carbonyl (C=O) groups is 2. The van der Waals surface area contributed by atoms with Crippen molar-refractivity contribution in [1.82, 2.24) is 14.5 Å². The zero-order valence-electron chi connectivity index (χ0n) is 16.2. The molecule has 0 bridgehead atoms. The second-order valence-corrected chi connectivity index (χ2v) is 6.48. The van der Waals surface area contributed by atoms with Crippen LogP contribution in [0, 0.1) is 6.92 Å². The van der Waals surface area contributed by atoms with E-state index in [1.807, 2.05) is 6.92 Å². The van der Waals surface area contributed by atoms with Gasteiger partial charge in [-0.05, 0) is 37.1 Å². The van der Waals surface area contributed by atoms with Gasteiger partial charge in [0.25, 0.3) is 11.5 Å². The molecule has 3 rings (SSSR count). The van der Waals surface area contributed by atoms with Crippen LogP contribution in [-0.2, 0) is 11.3 Å². The van der Waals surface area contributed by atoms with Gasteiger partial charge in [-0.3, -0.25) is 19.1 Å². The number of pyridine rings is 1. The lowest BCUT2D eigenvalue weighted by atomic mass is 10.1. The van der Waals surface area contributed by atoms with E-state index < -0.39 is 23.1 Å². The van der Waals surface area contributed by atoms with E-state index in [2.05, 4.69) is 15.3 Å². The van der Waals surface area contributed by atoms with E-state index in [0.29, 0.717) is 24.2 Å². The van der Waals surface area contributed by atoms with Gasteiger partial charge in [-0.15, -0.1) is 0 Å². The molecule has 2 aromatic heterocycles. The monoisotopic (exact) mass is 396 g/mol. The van der Waals surface area contributed by atoms with Gasteiger partial charge < -0.3 is 10.1 Å². The number of aryl methyl sites for hydroxylation is 2. The number of esters is 1. The van der Waals surface area contributed by atoms with Gasteiger partial charge in [0, 0.05) is 18.4 Å². The van der Waals surface area contributed by atoms with Crippen molar-refractivity contribution in [2.75, 3.05) is 12.4 Å². The van der Waals surface area contributed by atoms with E-state index in [4.69, 9.17) is 4.74 Å². The summed E-state index contributed by atoms with van der Waals surface area (Å²) in [4.78, 5) is 55.0. The molecule has 0 radical (unpaired) electrons. The first-order valence-corrected chi connectivity index (χ1v) is 8.99. The van der Waals surface area contributed by atoms with Gasteiger partial charge >= 0.3 is 11.7 Å². The molecule has 0 aliphatic rings. The fourth-order valence-corrected chi connectivity index (χ4v) is 2.92. The van der Waals surface area contributed by atoms with Gasteiger partial charge in [-0.1, -0.05) is 13.0 Å². The molecule has 2 N–H and O–H groups in total. The summed E-state index contributed by atoms with van der Waals surface area (Å²) in [7, 11) is 1.27. The largest absolute Gasteiger partial charge is 0.465 e. The number of H-pyrrole nitrogens is 1. The van der Waals surface area contributed by atoms with E-state index in [1.165, 1.54) is 30.0 Å². The number of fused-ring (bicyclic) bond motifs is 1. The fraction of sp³-hybridized carbons (Fsp3) is 0.250. The molecule has 3 aromatic rings. The molecule has 1 amide bonds. The van der Waals surface area contributed by atoms with Crippen LogP contribution in [0.25, 0.3) is 11.0 Å². The maximum Gasteiger partial charge on any atom is 0.337 e. The number of aromatic nitrogens is 3. The van der Waals surface area contributed by atoms with E-state index in [1.54, 1.807) is 19.1 Å². The van der Waals surface area contributed by atoms with E-state index in [0.717, 1.165) is 5.56 Å². The normalized spacial score (nSPS) is 10.7. The number of methoxy groups -OCH3 is 1. The first-order valence-electron chi connectivity index (χ1n) is 8.99. The highest BCUT2D eigenvalue weighted by Gasteiger charge is 2.15. The molecule has 150 valence electrons. The van der Waals surface area contributed by atoms with Crippen LogP contribution in [0.1, 0.15) is 39.6 Å². The molecule has 9 heteroatoms. The predicted molar refractivity (Wildman–Crippen MR) is 107 cm³/mol. The third-order valence-electron chi connectivity index (χ3n) is 4.45. The molecule has 0 spiro atoms. The molecule has 1 aromatic carbocycles. The Bertz CT molecular complexity index is 1230. The zero-order valence-corrected chi connectivity index (χ0v) is 16.2. The average molecular weight is 396 g/mol. The van der Waals surface area contributed by atoms with Gasteiger partial charge in [0.15, 0.2) is 0 Å². The molecule has 0 atom stereocenters. The second-order valence-electron chi connectivity index (χ2n) is 6.48. The third kappa shape index (κ3) is 3.93. The van der Waals surface area contributed by atoms with Crippen LogP contribution in [-0.4, -0.2) is 33.5 Å². The Morgan fingerprint density at radius 2 is 1.97 bits per heavy atom. The van der Waals surface area contributed by atoms with Crippen LogP contribution in [0.3, 0.4) is 0 Å². The minimum Gasteiger partial charge on any atom is -0.465 e. The van der Waals surface area contributed by atoms with E-state index in [-0.39, 0.29) is 16.6 Å². The van der Waals surface area contributed by atoms with Gasteiger partial charge in [0.1, 0.15) is 5.65 Å². The zero-order chi connectivity index (χ0) is 21.1. The molecule has 9 nitrogen and oxygen atoms in total. The molecule has 0 fully saturated rings. The Morgan fingerprint density at radius 1 is 1.21 bits per heavy atom. The summed E-state index contributed by atoms with van der Waals surface area (Å²) >= 11 is 0. The number of hydrogen-bond acceptors (Lipinski definition) is 6. The number of hydrogen-bond donors (Lipinski definition) is 2. The van der Waals surface area contributed by atoms with Crippen molar-refractivity contribution in [3.05, 3.63) is 68.0 Å². The first-order chi connectivity index (χ1) is 13.8. The second kappa shape index (κ2) is 8.09. The summed E-state index contributed by atoms with van der Waals surface area (Å²) < 4.78 is 6.06. The lowest BCUT2D eigenvalue weighted by molar-refractivity contribution is 0.0600.